The van der Waals surface area contributed by atoms with Gasteiger partial charge in [-0.05, 0) is 25.5 Å². The molecule has 0 amide bonds. The number of carboxylic acids is 1. The van der Waals surface area contributed by atoms with Gasteiger partial charge in [0.15, 0.2) is 5.78 Å². The van der Waals surface area contributed by atoms with Crippen LogP contribution in [0.5, 0.6) is 5.75 Å². The summed E-state index contributed by atoms with van der Waals surface area (Å²) in [6.45, 7) is 1.86. The van der Waals surface area contributed by atoms with E-state index in [9.17, 15) is 14.7 Å². The van der Waals surface area contributed by atoms with Gasteiger partial charge in [0, 0.05) is 12.4 Å². The van der Waals surface area contributed by atoms with E-state index in [1.165, 1.54) is 7.11 Å². The summed E-state index contributed by atoms with van der Waals surface area (Å²) in [6.07, 6.45) is -0.335. The standard InChI is InChI=1S/C12H14O4/c1-8-3-5-11(16-2)9(7-8)10(13)4-6-12(14)15/h3,5,7H,4,6H2,1-2H3,(H,14,15)/p-1. The molecule has 0 aliphatic heterocycles. The summed E-state index contributed by atoms with van der Waals surface area (Å²) in [7, 11) is 1.47. The van der Waals surface area contributed by atoms with Crippen LogP contribution < -0.4 is 9.84 Å². The van der Waals surface area contributed by atoms with Crippen molar-refractivity contribution in [3.05, 3.63) is 29.3 Å². The number of ketones is 1. The zero-order valence-corrected chi connectivity index (χ0v) is 9.28. The average Bonchev–Trinajstić information content (AvgIpc) is 2.25. The summed E-state index contributed by atoms with van der Waals surface area (Å²) in [4.78, 5) is 22.0. The molecule has 86 valence electrons. The van der Waals surface area contributed by atoms with Crippen LogP contribution >= 0.6 is 0 Å². The summed E-state index contributed by atoms with van der Waals surface area (Å²) < 4.78 is 5.04. The molecule has 0 unspecified atom stereocenters. The molecule has 0 aliphatic rings. The second-order valence-corrected chi connectivity index (χ2v) is 3.50. The number of benzene rings is 1. The maximum absolute atomic E-state index is 11.7. The highest BCUT2D eigenvalue weighted by Gasteiger charge is 2.11. The van der Waals surface area contributed by atoms with Crippen LogP contribution in [-0.2, 0) is 4.79 Å². The fourth-order valence-corrected chi connectivity index (χ4v) is 1.39. The third-order valence-corrected chi connectivity index (χ3v) is 2.21. The number of hydrogen-bond acceptors (Lipinski definition) is 4. The largest absolute Gasteiger partial charge is 0.550 e. The SMILES string of the molecule is COc1ccc(C)cc1C(=O)CCC(=O)[O-]. The highest BCUT2D eigenvalue weighted by atomic mass is 16.5. The fraction of sp³-hybridized carbons (Fsp3) is 0.333. The Kier molecular flexibility index (Phi) is 4.05. The molecule has 0 heterocycles. The summed E-state index contributed by atoms with van der Waals surface area (Å²) in [5.74, 6) is -1.00. The molecule has 0 radical (unpaired) electrons. The lowest BCUT2D eigenvalue weighted by Gasteiger charge is -2.08. The normalized spacial score (nSPS) is 9.88. The van der Waals surface area contributed by atoms with Crippen LogP contribution in [0.15, 0.2) is 18.2 Å². The van der Waals surface area contributed by atoms with Crippen LogP contribution in [-0.4, -0.2) is 18.9 Å². The van der Waals surface area contributed by atoms with Crippen molar-refractivity contribution in [3.63, 3.8) is 0 Å². The first-order valence-electron chi connectivity index (χ1n) is 4.92. The van der Waals surface area contributed by atoms with Gasteiger partial charge < -0.3 is 14.6 Å². The van der Waals surface area contributed by atoms with E-state index in [0.717, 1.165) is 5.56 Å². The number of aliphatic carboxylic acids is 1. The van der Waals surface area contributed by atoms with Crippen molar-refractivity contribution in [1.82, 2.24) is 0 Å². The maximum Gasteiger partial charge on any atom is 0.166 e. The Balaban J connectivity index is 2.88. The quantitative estimate of drug-likeness (QED) is 0.687. The van der Waals surface area contributed by atoms with Gasteiger partial charge in [-0.2, -0.15) is 0 Å². The third-order valence-electron chi connectivity index (χ3n) is 2.21. The molecule has 0 atom stereocenters. The number of Topliss-reactive ketones (excluding diaryl/α,β-unsaturated/α-hetero) is 1. The molecule has 1 aromatic rings. The Morgan fingerprint density at radius 1 is 1.31 bits per heavy atom. The molecule has 4 nitrogen and oxygen atoms in total. The van der Waals surface area contributed by atoms with Crippen LogP contribution in [0.2, 0.25) is 0 Å². The summed E-state index contributed by atoms with van der Waals surface area (Å²) in [6, 6.07) is 5.21. The lowest BCUT2D eigenvalue weighted by Crippen LogP contribution is -2.22. The van der Waals surface area contributed by atoms with E-state index in [0.29, 0.717) is 11.3 Å². The van der Waals surface area contributed by atoms with Crippen molar-refractivity contribution in [1.29, 1.82) is 0 Å². The predicted octanol–water partition coefficient (Wildman–Crippen LogP) is 0.716. The van der Waals surface area contributed by atoms with Crippen molar-refractivity contribution < 1.29 is 19.4 Å². The van der Waals surface area contributed by atoms with Gasteiger partial charge in [0.2, 0.25) is 0 Å². The van der Waals surface area contributed by atoms with E-state index in [-0.39, 0.29) is 18.6 Å². The first kappa shape index (κ1) is 12.2. The Labute approximate surface area is 93.9 Å². The third kappa shape index (κ3) is 3.08. The number of ether oxygens (including phenoxy) is 1. The maximum atomic E-state index is 11.7. The minimum atomic E-state index is -1.22. The molecule has 4 heteroatoms. The van der Waals surface area contributed by atoms with Crippen LogP contribution in [0.25, 0.3) is 0 Å². The Hall–Kier alpha value is -1.84. The van der Waals surface area contributed by atoms with Gasteiger partial charge in [0.25, 0.3) is 0 Å². The van der Waals surface area contributed by atoms with E-state index < -0.39 is 5.97 Å². The number of methoxy groups -OCH3 is 1. The molecular weight excluding hydrogens is 208 g/mol. The number of carbonyl (C=O) groups is 2. The van der Waals surface area contributed by atoms with E-state index in [1.54, 1.807) is 12.1 Å². The minimum absolute atomic E-state index is 0.0673. The van der Waals surface area contributed by atoms with Crippen LogP contribution in [0.4, 0.5) is 0 Å². The topological polar surface area (TPSA) is 66.4 Å². The zero-order valence-electron chi connectivity index (χ0n) is 9.28. The van der Waals surface area contributed by atoms with Crippen LogP contribution in [0.3, 0.4) is 0 Å². The van der Waals surface area contributed by atoms with E-state index >= 15 is 0 Å². The summed E-state index contributed by atoms with van der Waals surface area (Å²) in [5.41, 5.74) is 1.35. The highest BCUT2D eigenvalue weighted by molar-refractivity contribution is 5.99. The molecule has 0 saturated carbocycles. The first-order chi connectivity index (χ1) is 7.54. The van der Waals surface area contributed by atoms with Crippen LogP contribution in [0.1, 0.15) is 28.8 Å². The molecule has 1 aromatic carbocycles. The van der Waals surface area contributed by atoms with E-state index in [2.05, 4.69) is 0 Å². The first-order valence-corrected chi connectivity index (χ1v) is 4.92. The zero-order chi connectivity index (χ0) is 12.1. The van der Waals surface area contributed by atoms with Gasteiger partial charge in [-0.1, -0.05) is 11.6 Å². The Morgan fingerprint density at radius 2 is 2.00 bits per heavy atom. The Morgan fingerprint density at radius 3 is 2.56 bits per heavy atom. The average molecular weight is 221 g/mol. The van der Waals surface area contributed by atoms with Gasteiger partial charge in [-0.15, -0.1) is 0 Å². The molecule has 0 aromatic heterocycles. The van der Waals surface area contributed by atoms with Gasteiger partial charge in [0.05, 0.1) is 12.7 Å². The fourth-order valence-electron chi connectivity index (χ4n) is 1.39. The number of hydrogen-bond donors (Lipinski definition) is 0. The number of carboxylic acid groups (broad SMARTS) is 1. The molecule has 0 saturated heterocycles. The molecular formula is C12H13O4-. The minimum Gasteiger partial charge on any atom is -0.550 e. The van der Waals surface area contributed by atoms with Crippen molar-refractivity contribution >= 4 is 11.8 Å². The second-order valence-electron chi connectivity index (χ2n) is 3.50. The van der Waals surface area contributed by atoms with Crippen molar-refractivity contribution in [2.24, 2.45) is 0 Å². The van der Waals surface area contributed by atoms with Gasteiger partial charge in [0.1, 0.15) is 5.75 Å². The Bertz CT molecular complexity index is 409. The van der Waals surface area contributed by atoms with Crippen molar-refractivity contribution in [3.8, 4) is 5.75 Å². The number of carbonyl (C=O) groups excluding carboxylic acids is 2. The molecule has 1 rings (SSSR count). The highest BCUT2D eigenvalue weighted by Crippen LogP contribution is 2.21. The monoisotopic (exact) mass is 221 g/mol. The predicted molar refractivity (Wildman–Crippen MR) is 56.3 cm³/mol. The molecule has 0 spiro atoms. The van der Waals surface area contributed by atoms with Gasteiger partial charge >= 0.3 is 0 Å². The smallest absolute Gasteiger partial charge is 0.166 e. The lowest BCUT2D eigenvalue weighted by atomic mass is 10.0. The molecule has 0 aliphatic carbocycles. The van der Waals surface area contributed by atoms with Gasteiger partial charge in [-0.25, -0.2) is 0 Å². The van der Waals surface area contributed by atoms with Crippen molar-refractivity contribution in [2.45, 2.75) is 19.8 Å². The summed E-state index contributed by atoms with van der Waals surface area (Å²) in [5, 5.41) is 10.3. The van der Waals surface area contributed by atoms with Crippen LogP contribution in [0, 0.1) is 6.92 Å². The lowest BCUT2D eigenvalue weighted by molar-refractivity contribution is -0.305. The second kappa shape index (κ2) is 5.30. The number of aryl methyl sites for hydroxylation is 1. The molecule has 0 bridgehead atoms. The van der Waals surface area contributed by atoms with E-state index in [1.807, 2.05) is 13.0 Å². The molecule has 16 heavy (non-hydrogen) atoms. The van der Waals surface area contributed by atoms with Crippen molar-refractivity contribution in [2.75, 3.05) is 7.11 Å². The molecule has 0 fully saturated rings. The van der Waals surface area contributed by atoms with E-state index in [4.69, 9.17) is 4.74 Å². The number of rotatable bonds is 5. The summed E-state index contributed by atoms with van der Waals surface area (Å²) >= 11 is 0. The van der Waals surface area contributed by atoms with Gasteiger partial charge in [-0.3, -0.25) is 4.79 Å². The molecule has 0 N–H and O–H groups in total.